The summed E-state index contributed by atoms with van der Waals surface area (Å²) in [6, 6.07) is 0. The minimum absolute atomic E-state index is 0.353. The number of carbonyl (C=O) groups excluding carboxylic acids is 1. The van der Waals surface area contributed by atoms with Gasteiger partial charge in [0.15, 0.2) is 0 Å². The summed E-state index contributed by atoms with van der Waals surface area (Å²) in [5.41, 5.74) is 2.38. The molecule has 0 atom stereocenters. The lowest BCUT2D eigenvalue weighted by molar-refractivity contribution is -0.118. The van der Waals surface area contributed by atoms with Crippen LogP contribution in [0.4, 0.5) is 0 Å². The van der Waals surface area contributed by atoms with E-state index in [0.29, 0.717) is 18.6 Å². The van der Waals surface area contributed by atoms with Crippen molar-refractivity contribution < 1.29 is 4.79 Å². The fraction of sp³-hybridized carbons (Fsp3) is 0.364. The van der Waals surface area contributed by atoms with E-state index < -0.39 is 0 Å². The van der Waals surface area contributed by atoms with Crippen LogP contribution in [0.3, 0.4) is 0 Å². The largest absolute Gasteiger partial charge is 0.300 e. The maximum absolute atomic E-state index is 11.1. The molecule has 0 fully saturated rings. The summed E-state index contributed by atoms with van der Waals surface area (Å²) in [6.45, 7) is 7.46. The molecule has 0 aromatic heterocycles. The fourth-order valence-electron chi connectivity index (χ4n) is 1.46. The first-order valence-corrected chi connectivity index (χ1v) is 4.26. The van der Waals surface area contributed by atoms with Crippen LogP contribution in [-0.2, 0) is 4.79 Å². The number of ketones is 1. The van der Waals surface area contributed by atoms with E-state index in [-0.39, 0.29) is 0 Å². The van der Waals surface area contributed by atoms with Crippen LogP contribution in [0.1, 0.15) is 25.7 Å². The first kappa shape index (κ1) is 8.98. The average Bonchev–Trinajstić information content (AvgIpc) is 2.27. The zero-order valence-corrected chi connectivity index (χ0v) is 7.31. The Morgan fingerprint density at radius 2 is 1.33 bits per heavy atom. The highest BCUT2D eigenvalue weighted by Crippen LogP contribution is 2.22. The Bertz CT molecular complexity index is 222. The normalized spacial score (nSPS) is 18.8. The van der Waals surface area contributed by atoms with Crippen LogP contribution in [0, 0.1) is 0 Å². The van der Waals surface area contributed by atoms with E-state index in [9.17, 15) is 4.79 Å². The standard InChI is InChI=1S/C11H14O/c1-3-9-5-7-11(12)8-6-10(9)4-2/h3-4H,1-2,5-8H2. The first-order chi connectivity index (χ1) is 5.77. The maximum Gasteiger partial charge on any atom is 0.133 e. The molecule has 1 rings (SSSR count). The molecule has 0 heterocycles. The van der Waals surface area contributed by atoms with E-state index in [1.54, 1.807) is 0 Å². The van der Waals surface area contributed by atoms with Crippen molar-refractivity contribution in [2.24, 2.45) is 0 Å². The zero-order chi connectivity index (χ0) is 8.97. The number of hydrogen-bond donors (Lipinski definition) is 0. The van der Waals surface area contributed by atoms with Gasteiger partial charge in [-0.05, 0) is 24.0 Å². The average molecular weight is 162 g/mol. The lowest BCUT2D eigenvalue weighted by atomic mass is 10.0. The molecule has 0 aromatic carbocycles. The first-order valence-electron chi connectivity index (χ1n) is 4.26. The second-order valence-corrected chi connectivity index (χ2v) is 3.00. The van der Waals surface area contributed by atoms with Gasteiger partial charge in [0.1, 0.15) is 5.78 Å². The minimum atomic E-state index is 0.353. The van der Waals surface area contributed by atoms with E-state index in [1.165, 1.54) is 11.1 Å². The Morgan fingerprint density at radius 3 is 1.67 bits per heavy atom. The van der Waals surface area contributed by atoms with E-state index in [4.69, 9.17) is 0 Å². The molecule has 0 saturated heterocycles. The third-order valence-electron chi connectivity index (χ3n) is 2.25. The Kier molecular flexibility index (Phi) is 3.03. The highest BCUT2D eigenvalue weighted by Gasteiger charge is 2.11. The van der Waals surface area contributed by atoms with Crippen molar-refractivity contribution in [2.75, 3.05) is 0 Å². The summed E-state index contributed by atoms with van der Waals surface area (Å²) in [7, 11) is 0. The number of carbonyl (C=O) groups is 1. The van der Waals surface area contributed by atoms with Crippen molar-refractivity contribution in [3.63, 3.8) is 0 Å². The van der Waals surface area contributed by atoms with Gasteiger partial charge in [-0.1, -0.05) is 25.3 Å². The van der Waals surface area contributed by atoms with Gasteiger partial charge in [0, 0.05) is 12.8 Å². The summed E-state index contributed by atoms with van der Waals surface area (Å²) >= 11 is 0. The number of rotatable bonds is 2. The molecular weight excluding hydrogens is 148 g/mol. The SMILES string of the molecule is C=CC1=C(C=C)CCC(=O)CC1. The summed E-state index contributed by atoms with van der Waals surface area (Å²) in [6.07, 6.45) is 6.69. The number of allylic oxidation sites excluding steroid dienone is 4. The van der Waals surface area contributed by atoms with Gasteiger partial charge < -0.3 is 0 Å². The molecule has 1 heteroatoms. The molecule has 0 bridgehead atoms. The molecule has 12 heavy (non-hydrogen) atoms. The fourth-order valence-corrected chi connectivity index (χ4v) is 1.46. The van der Waals surface area contributed by atoms with Gasteiger partial charge in [-0.15, -0.1) is 0 Å². The van der Waals surface area contributed by atoms with E-state index in [1.807, 2.05) is 12.2 Å². The highest BCUT2D eigenvalue weighted by molar-refractivity contribution is 5.79. The van der Waals surface area contributed by atoms with Crippen LogP contribution in [0.2, 0.25) is 0 Å². The predicted octanol–water partition coefficient (Wildman–Crippen LogP) is 2.80. The van der Waals surface area contributed by atoms with Crippen molar-refractivity contribution in [2.45, 2.75) is 25.7 Å². The summed E-state index contributed by atoms with van der Waals surface area (Å²) < 4.78 is 0. The topological polar surface area (TPSA) is 17.1 Å². The van der Waals surface area contributed by atoms with Gasteiger partial charge in [-0.3, -0.25) is 4.79 Å². The maximum atomic E-state index is 11.1. The van der Waals surface area contributed by atoms with Crippen molar-refractivity contribution in [1.29, 1.82) is 0 Å². The lowest BCUT2D eigenvalue weighted by Crippen LogP contribution is -1.93. The van der Waals surface area contributed by atoms with Crippen LogP contribution in [0.25, 0.3) is 0 Å². The summed E-state index contributed by atoms with van der Waals surface area (Å²) in [5, 5.41) is 0. The van der Waals surface area contributed by atoms with E-state index >= 15 is 0 Å². The third-order valence-corrected chi connectivity index (χ3v) is 2.25. The van der Waals surface area contributed by atoms with Gasteiger partial charge in [-0.2, -0.15) is 0 Å². The lowest BCUT2D eigenvalue weighted by Gasteiger charge is -2.01. The van der Waals surface area contributed by atoms with Crippen LogP contribution >= 0.6 is 0 Å². The highest BCUT2D eigenvalue weighted by atomic mass is 16.1. The molecule has 64 valence electrons. The van der Waals surface area contributed by atoms with Crippen LogP contribution in [0.5, 0.6) is 0 Å². The van der Waals surface area contributed by atoms with E-state index in [2.05, 4.69) is 13.2 Å². The summed E-state index contributed by atoms with van der Waals surface area (Å²) in [4.78, 5) is 11.1. The predicted molar refractivity (Wildman–Crippen MR) is 50.9 cm³/mol. The Morgan fingerprint density at radius 1 is 0.917 bits per heavy atom. The van der Waals surface area contributed by atoms with Crippen molar-refractivity contribution >= 4 is 5.78 Å². The Labute approximate surface area is 73.5 Å². The molecule has 1 aliphatic carbocycles. The van der Waals surface area contributed by atoms with Crippen LogP contribution in [-0.4, -0.2) is 5.78 Å². The zero-order valence-electron chi connectivity index (χ0n) is 7.31. The summed E-state index contributed by atoms with van der Waals surface area (Å²) in [5.74, 6) is 0.353. The molecule has 1 nitrogen and oxygen atoms in total. The molecule has 0 N–H and O–H groups in total. The molecule has 0 spiro atoms. The second kappa shape index (κ2) is 4.05. The van der Waals surface area contributed by atoms with Crippen LogP contribution < -0.4 is 0 Å². The second-order valence-electron chi connectivity index (χ2n) is 3.00. The molecule has 0 unspecified atom stereocenters. The Balaban J connectivity index is 2.85. The molecule has 1 aliphatic rings. The molecule has 0 amide bonds. The smallest absolute Gasteiger partial charge is 0.133 e. The van der Waals surface area contributed by atoms with Gasteiger partial charge >= 0.3 is 0 Å². The van der Waals surface area contributed by atoms with Gasteiger partial charge in [0.25, 0.3) is 0 Å². The third kappa shape index (κ3) is 1.94. The van der Waals surface area contributed by atoms with E-state index in [0.717, 1.165) is 12.8 Å². The van der Waals surface area contributed by atoms with Gasteiger partial charge in [0.05, 0.1) is 0 Å². The molecular formula is C11H14O. The molecule has 0 radical (unpaired) electrons. The number of hydrogen-bond acceptors (Lipinski definition) is 1. The van der Waals surface area contributed by atoms with Crippen molar-refractivity contribution in [3.8, 4) is 0 Å². The van der Waals surface area contributed by atoms with Crippen molar-refractivity contribution in [1.82, 2.24) is 0 Å². The molecule has 0 saturated carbocycles. The quantitative estimate of drug-likeness (QED) is 0.610. The number of Topliss-reactive ketones (excluding diaryl/α,β-unsaturated/α-hetero) is 1. The molecule has 0 aromatic rings. The van der Waals surface area contributed by atoms with Crippen molar-refractivity contribution in [3.05, 3.63) is 36.5 Å². The monoisotopic (exact) mass is 162 g/mol. The Hall–Kier alpha value is -1.11. The van der Waals surface area contributed by atoms with Gasteiger partial charge in [-0.25, -0.2) is 0 Å². The van der Waals surface area contributed by atoms with Crippen LogP contribution in [0.15, 0.2) is 36.5 Å². The minimum Gasteiger partial charge on any atom is -0.300 e. The van der Waals surface area contributed by atoms with Gasteiger partial charge in [0.2, 0.25) is 0 Å². The molecule has 0 aliphatic heterocycles.